The molecule has 2 aliphatic rings. The highest BCUT2D eigenvalue weighted by Crippen LogP contribution is 2.24. The fraction of sp³-hybridized carbons (Fsp3) is 0.412. The number of hydrogen-bond donors (Lipinski definition) is 0. The van der Waals surface area contributed by atoms with Gasteiger partial charge in [0.15, 0.2) is 0 Å². The van der Waals surface area contributed by atoms with Gasteiger partial charge in [0, 0.05) is 37.3 Å². The number of rotatable bonds is 1. The first-order chi connectivity index (χ1) is 10.7. The fourth-order valence-corrected chi connectivity index (χ4v) is 3.57. The van der Waals surface area contributed by atoms with Crippen LogP contribution in [0.1, 0.15) is 40.3 Å². The second-order valence-electron chi connectivity index (χ2n) is 6.08. The van der Waals surface area contributed by atoms with Crippen LogP contribution in [0.5, 0.6) is 0 Å². The third-order valence-electron chi connectivity index (χ3n) is 4.60. The smallest absolute Gasteiger partial charge is 0.274 e. The lowest BCUT2D eigenvalue weighted by molar-refractivity contribution is 0.0729. The number of benzene rings is 1. The fourth-order valence-electron chi connectivity index (χ4n) is 3.38. The van der Waals surface area contributed by atoms with E-state index < -0.39 is 0 Å². The van der Waals surface area contributed by atoms with Gasteiger partial charge >= 0.3 is 0 Å². The van der Waals surface area contributed by atoms with Crippen molar-refractivity contribution < 1.29 is 4.79 Å². The van der Waals surface area contributed by atoms with E-state index in [9.17, 15) is 4.79 Å². The van der Waals surface area contributed by atoms with E-state index in [0.29, 0.717) is 12.2 Å². The molecule has 1 aromatic heterocycles. The summed E-state index contributed by atoms with van der Waals surface area (Å²) in [6.45, 7) is 2.35. The second kappa shape index (κ2) is 5.43. The minimum atomic E-state index is 0.0347. The molecule has 5 heteroatoms. The topological polar surface area (TPSA) is 38.1 Å². The molecule has 2 aliphatic heterocycles. The molecule has 4 nitrogen and oxygen atoms in total. The lowest BCUT2D eigenvalue weighted by Gasteiger charge is -2.28. The molecule has 0 saturated heterocycles. The molecule has 0 atom stereocenters. The summed E-state index contributed by atoms with van der Waals surface area (Å²) in [5.41, 5.74) is 3.02. The predicted molar refractivity (Wildman–Crippen MR) is 85.1 cm³/mol. The Bertz CT molecular complexity index is 714. The molecule has 0 unspecified atom stereocenters. The van der Waals surface area contributed by atoms with Crippen LogP contribution in [0.15, 0.2) is 24.4 Å². The van der Waals surface area contributed by atoms with Gasteiger partial charge in [-0.05, 0) is 42.5 Å². The van der Waals surface area contributed by atoms with Crippen LogP contribution in [0.4, 0.5) is 0 Å². The average molecular weight is 316 g/mol. The van der Waals surface area contributed by atoms with Crippen LogP contribution in [-0.4, -0.2) is 26.9 Å². The summed E-state index contributed by atoms with van der Waals surface area (Å²) in [4.78, 5) is 19.2. The van der Waals surface area contributed by atoms with Gasteiger partial charge in [0.2, 0.25) is 0 Å². The number of imidazole rings is 1. The normalized spacial score (nSPS) is 17.0. The van der Waals surface area contributed by atoms with Crippen LogP contribution in [0.25, 0.3) is 0 Å². The number of nitrogens with zero attached hydrogens (tertiary/aromatic N) is 3. The molecule has 4 rings (SSSR count). The van der Waals surface area contributed by atoms with E-state index in [1.165, 1.54) is 18.4 Å². The Morgan fingerprint density at radius 1 is 1.14 bits per heavy atom. The van der Waals surface area contributed by atoms with Crippen molar-refractivity contribution in [3.05, 3.63) is 52.1 Å². The maximum absolute atomic E-state index is 12.7. The standard InChI is InChI=1S/C17H18ClN3O/c18-14-5-4-12-6-8-21(10-13(12)9-14)17(22)15-11-20-7-2-1-3-16(20)19-15/h4-5,9,11H,1-3,6-8,10H2. The summed E-state index contributed by atoms with van der Waals surface area (Å²) in [6, 6.07) is 5.95. The molecular formula is C17H18ClN3O. The molecule has 0 N–H and O–H groups in total. The quantitative estimate of drug-likeness (QED) is 0.811. The summed E-state index contributed by atoms with van der Waals surface area (Å²) in [6.07, 6.45) is 6.12. The SMILES string of the molecule is O=C(c1cn2c(n1)CCCC2)N1CCc2ccc(Cl)cc2C1. The predicted octanol–water partition coefficient (Wildman–Crippen LogP) is 3.07. The average Bonchev–Trinajstić information content (AvgIpc) is 2.97. The molecular weight excluding hydrogens is 298 g/mol. The molecule has 1 amide bonds. The molecule has 2 aromatic rings. The summed E-state index contributed by atoms with van der Waals surface area (Å²) in [5, 5.41) is 0.727. The Hall–Kier alpha value is -1.81. The zero-order chi connectivity index (χ0) is 15.1. The number of aromatic nitrogens is 2. The summed E-state index contributed by atoms with van der Waals surface area (Å²) in [7, 11) is 0. The van der Waals surface area contributed by atoms with Gasteiger partial charge in [0.1, 0.15) is 11.5 Å². The van der Waals surface area contributed by atoms with Crippen molar-refractivity contribution in [1.29, 1.82) is 0 Å². The first kappa shape index (κ1) is 13.8. The van der Waals surface area contributed by atoms with Crippen molar-refractivity contribution >= 4 is 17.5 Å². The second-order valence-corrected chi connectivity index (χ2v) is 6.52. The van der Waals surface area contributed by atoms with E-state index in [2.05, 4.69) is 15.6 Å². The molecule has 0 radical (unpaired) electrons. The van der Waals surface area contributed by atoms with Crippen LogP contribution >= 0.6 is 11.6 Å². The number of carbonyl (C=O) groups is 1. The number of halogens is 1. The maximum atomic E-state index is 12.7. The third-order valence-corrected chi connectivity index (χ3v) is 4.83. The van der Waals surface area contributed by atoms with Crippen molar-refractivity contribution in [2.24, 2.45) is 0 Å². The molecule has 0 aliphatic carbocycles. The third kappa shape index (κ3) is 2.41. The Morgan fingerprint density at radius 3 is 2.91 bits per heavy atom. The van der Waals surface area contributed by atoms with Gasteiger partial charge in [0.05, 0.1) is 0 Å². The molecule has 0 fully saturated rings. The summed E-state index contributed by atoms with van der Waals surface area (Å²) in [5.74, 6) is 1.09. The van der Waals surface area contributed by atoms with Crippen molar-refractivity contribution in [1.82, 2.24) is 14.5 Å². The zero-order valence-electron chi connectivity index (χ0n) is 12.4. The van der Waals surface area contributed by atoms with Crippen molar-refractivity contribution in [2.75, 3.05) is 6.54 Å². The van der Waals surface area contributed by atoms with Gasteiger partial charge in [-0.15, -0.1) is 0 Å². The summed E-state index contributed by atoms with van der Waals surface area (Å²) < 4.78 is 2.13. The zero-order valence-corrected chi connectivity index (χ0v) is 13.1. The van der Waals surface area contributed by atoms with E-state index in [1.54, 1.807) is 0 Å². The van der Waals surface area contributed by atoms with Gasteiger partial charge in [0.25, 0.3) is 5.91 Å². The minimum Gasteiger partial charge on any atom is -0.334 e. The lowest BCUT2D eigenvalue weighted by atomic mass is 10.00. The minimum absolute atomic E-state index is 0.0347. The Morgan fingerprint density at radius 2 is 2.05 bits per heavy atom. The first-order valence-corrected chi connectivity index (χ1v) is 8.21. The highest BCUT2D eigenvalue weighted by molar-refractivity contribution is 6.30. The van der Waals surface area contributed by atoms with E-state index in [-0.39, 0.29) is 5.91 Å². The van der Waals surface area contributed by atoms with Crippen LogP contribution in [-0.2, 0) is 25.9 Å². The van der Waals surface area contributed by atoms with Gasteiger partial charge < -0.3 is 9.47 Å². The number of fused-ring (bicyclic) bond motifs is 2. The molecule has 0 bridgehead atoms. The Kier molecular flexibility index (Phi) is 3.41. The molecule has 0 spiro atoms. The van der Waals surface area contributed by atoms with Crippen LogP contribution in [0, 0.1) is 0 Å². The monoisotopic (exact) mass is 315 g/mol. The number of hydrogen-bond acceptors (Lipinski definition) is 2. The number of carbonyl (C=O) groups excluding carboxylic acids is 1. The summed E-state index contributed by atoms with van der Waals surface area (Å²) >= 11 is 6.07. The van der Waals surface area contributed by atoms with E-state index >= 15 is 0 Å². The van der Waals surface area contributed by atoms with Crippen molar-refractivity contribution in [3.8, 4) is 0 Å². The molecule has 1 aromatic carbocycles. The van der Waals surface area contributed by atoms with E-state index in [1.807, 2.05) is 23.2 Å². The molecule has 0 saturated carbocycles. The lowest BCUT2D eigenvalue weighted by Crippen LogP contribution is -2.36. The van der Waals surface area contributed by atoms with Gasteiger partial charge in [-0.1, -0.05) is 17.7 Å². The maximum Gasteiger partial charge on any atom is 0.274 e. The number of aryl methyl sites for hydroxylation is 2. The number of amides is 1. The van der Waals surface area contributed by atoms with Crippen molar-refractivity contribution in [3.63, 3.8) is 0 Å². The van der Waals surface area contributed by atoms with Gasteiger partial charge in [-0.2, -0.15) is 0 Å². The van der Waals surface area contributed by atoms with E-state index in [4.69, 9.17) is 11.6 Å². The highest BCUT2D eigenvalue weighted by Gasteiger charge is 2.25. The molecule has 22 heavy (non-hydrogen) atoms. The van der Waals surface area contributed by atoms with Crippen LogP contribution in [0.2, 0.25) is 5.02 Å². The highest BCUT2D eigenvalue weighted by atomic mass is 35.5. The Balaban J connectivity index is 1.57. The largest absolute Gasteiger partial charge is 0.334 e. The molecule has 3 heterocycles. The Labute approximate surface area is 134 Å². The first-order valence-electron chi connectivity index (χ1n) is 7.83. The van der Waals surface area contributed by atoms with Gasteiger partial charge in [-0.25, -0.2) is 4.98 Å². The van der Waals surface area contributed by atoms with Crippen LogP contribution in [0.3, 0.4) is 0 Å². The molecule has 114 valence electrons. The van der Waals surface area contributed by atoms with Gasteiger partial charge in [-0.3, -0.25) is 4.79 Å². The van der Waals surface area contributed by atoms with E-state index in [0.717, 1.165) is 42.3 Å². The van der Waals surface area contributed by atoms with Crippen molar-refractivity contribution in [2.45, 2.75) is 38.8 Å². The van der Waals surface area contributed by atoms with Crippen LogP contribution < -0.4 is 0 Å².